The Morgan fingerprint density at radius 2 is 0.750 bits per heavy atom. The smallest absolute Gasteiger partial charge is 0.306 e. The number of nitrogens with zero attached hydrogens (tertiary/aromatic N) is 1. The van der Waals surface area contributed by atoms with Gasteiger partial charge in [-0.15, -0.1) is 0 Å². The van der Waals surface area contributed by atoms with Crippen LogP contribution in [0.3, 0.4) is 0 Å². The van der Waals surface area contributed by atoms with E-state index in [0.717, 1.165) is 116 Å². The summed E-state index contributed by atoms with van der Waals surface area (Å²) in [6.07, 6.45) is 42.6. The number of carbonyl (C=O) groups excluding carboxylic acids is 3. The molecule has 7 nitrogen and oxygen atoms in total. The van der Waals surface area contributed by atoms with Crippen LogP contribution in [0.4, 0.5) is 0 Å². The molecule has 1 saturated heterocycles. The molecule has 1 aliphatic rings. The van der Waals surface area contributed by atoms with Crippen molar-refractivity contribution in [2.24, 2.45) is 11.8 Å². The third-order valence-corrected chi connectivity index (χ3v) is 13.1. The molecular formula is C53H101NO6. The first-order valence-corrected chi connectivity index (χ1v) is 26.6. The van der Waals surface area contributed by atoms with Crippen LogP contribution in [0.1, 0.15) is 272 Å². The molecule has 0 aromatic rings. The Bertz CT molecular complexity index is 889. The topological polar surface area (TPSA) is 82.1 Å². The van der Waals surface area contributed by atoms with Crippen LogP contribution in [0.5, 0.6) is 0 Å². The molecule has 0 amide bonds. The lowest BCUT2D eigenvalue weighted by atomic mass is 9.92. The molecule has 1 rings (SSSR count). The van der Waals surface area contributed by atoms with Gasteiger partial charge in [0.05, 0.1) is 13.2 Å². The molecule has 0 aliphatic carbocycles. The summed E-state index contributed by atoms with van der Waals surface area (Å²) in [4.78, 5) is 40.1. The lowest BCUT2D eigenvalue weighted by molar-refractivity contribution is -0.150. The van der Waals surface area contributed by atoms with Gasteiger partial charge in [0.15, 0.2) is 0 Å². The lowest BCUT2D eigenvalue weighted by Gasteiger charge is -2.19. The summed E-state index contributed by atoms with van der Waals surface area (Å²) in [7, 11) is 0. The molecule has 0 N–H and O–H groups in total. The minimum atomic E-state index is -0.0232. The van der Waals surface area contributed by atoms with Gasteiger partial charge in [0.25, 0.3) is 0 Å². The van der Waals surface area contributed by atoms with Gasteiger partial charge in [0, 0.05) is 19.3 Å². The highest BCUT2D eigenvalue weighted by Gasteiger charge is 2.17. The number of esters is 3. The average molecular weight is 848 g/mol. The molecule has 0 saturated carbocycles. The zero-order valence-electron chi connectivity index (χ0n) is 40.5. The number of carbonyl (C=O) groups is 3. The monoisotopic (exact) mass is 848 g/mol. The van der Waals surface area contributed by atoms with E-state index in [0.29, 0.717) is 44.3 Å². The molecule has 7 heteroatoms. The van der Waals surface area contributed by atoms with Gasteiger partial charge < -0.3 is 19.1 Å². The van der Waals surface area contributed by atoms with Crippen molar-refractivity contribution in [3.8, 4) is 0 Å². The Balaban J connectivity index is 2.26. The summed E-state index contributed by atoms with van der Waals surface area (Å²) in [6, 6.07) is 0. The normalized spacial score (nSPS) is 13.2. The zero-order chi connectivity index (χ0) is 43.6. The van der Waals surface area contributed by atoms with Gasteiger partial charge in [-0.2, -0.15) is 0 Å². The first-order chi connectivity index (χ1) is 29.4. The second-order valence-corrected chi connectivity index (χ2v) is 18.8. The molecule has 0 spiro atoms. The predicted octanol–water partition coefficient (Wildman–Crippen LogP) is 15.4. The van der Waals surface area contributed by atoms with Crippen molar-refractivity contribution >= 4 is 17.9 Å². The fourth-order valence-electron chi connectivity index (χ4n) is 9.08. The number of ether oxygens (including phenoxy) is 3. The van der Waals surface area contributed by atoms with Crippen molar-refractivity contribution in [2.75, 3.05) is 32.8 Å². The standard InChI is InChI=1S/C53H101NO6/c1-5-9-21-32-48(33-22-10-6-2)41-46-58-51(55)38-27-19-15-13-17-25-36-50(60-53(57)40-31-45-54-43-29-30-44-54)37-26-18-14-16-20-28-39-52(56)59-47-42-49(34-23-11-7-3)35-24-12-8-4/h48-50H,5-47H2,1-4H3. The van der Waals surface area contributed by atoms with E-state index >= 15 is 0 Å². The molecule has 0 aromatic carbocycles. The van der Waals surface area contributed by atoms with Gasteiger partial charge in [-0.3, -0.25) is 14.4 Å². The van der Waals surface area contributed by atoms with Crippen molar-refractivity contribution < 1.29 is 28.6 Å². The lowest BCUT2D eigenvalue weighted by Crippen LogP contribution is -2.23. The first kappa shape index (κ1) is 56.4. The summed E-state index contributed by atoms with van der Waals surface area (Å²) in [6.45, 7) is 13.6. The molecular weight excluding hydrogens is 747 g/mol. The molecule has 1 aliphatic heterocycles. The van der Waals surface area contributed by atoms with Crippen LogP contribution in [0.2, 0.25) is 0 Å². The van der Waals surface area contributed by atoms with E-state index in [1.54, 1.807) is 0 Å². The Morgan fingerprint density at radius 3 is 1.15 bits per heavy atom. The molecule has 354 valence electrons. The van der Waals surface area contributed by atoms with Crippen LogP contribution < -0.4 is 0 Å². The average Bonchev–Trinajstić information content (AvgIpc) is 3.76. The van der Waals surface area contributed by atoms with Gasteiger partial charge in [-0.25, -0.2) is 0 Å². The number of hydrogen-bond donors (Lipinski definition) is 0. The van der Waals surface area contributed by atoms with Gasteiger partial charge in [0.1, 0.15) is 6.10 Å². The minimum absolute atomic E-state index is 0.0181. The van der Waals surface area contributed by atoms with Crippen LogP contribution in [0.25, 0.3) is 0 Å². The number of rotatable bonds is 45. The molecule has 0 bridgehead atoms. The van der Waals surface area contributed by atoms with Crippen molar-refractivity contribution in [1.29, 1.82) is 0 Å². The fourth-order valence-corrected chi connectivity index (χ4v) is 9.08. The summed E-state index contributed by atoms with van der Waals surface area (Å²) < 4.78 is 17.4. The second-order valence-electron chi connectivity index (χ2n) is 18.8. The SMILES string of the molecule is CCCCCC(CCCCC)CCOC(=O)CCCCCCCCC(CCCCCCCCC(=O)OCCC(CCCCC)CCCCC)OC(=O)CCCN1CCCC1. The maximum Gasteiger partial charge on any atom is 0.306 e. The molecule has 0 unspecified atom stereocenters. The van der Waals surface area contributed by atoms with Crippen molar-refractivity contribution in [2.45, 2.75) is 278 Å². The Hall–Kier alpha value is -1.63. The highest BCUT2D eigenvalue weighted by atomic mass is 16.5. The molecule has 1 fully saturated rings. The number of unbranched alkanes of at least 4 members (excludes halogenated alkanes) is 18. The molecule has 60 heavy (non-hydrogen) atoms. The molecule has 0 radical (unpaired) electrons. The van der Waals surface area contributed by atoms with Gasteiger partial charge in [-0.05, 0) is 102 Å². The maximum atomic E-state index is 12.8. The minimum Gasteiger partial charge on any atom is -0.466 e. The predicted molar refractivity (Wildman–Crippen MR) is 253 cm³/mol. The largest absolute Gasteiger partial charge is 0.466 e. The molecule has 0 aromatic heterocycles. The highest BCUT2D eigenvalue weighted by Crippen LogP contribution is 2.23. The van der Waals surface area contributed by atoms with E-state index in [-0.39, 0.29) is 24.0 Å². The third-order valence-electron chi connectivity index (χ3n) is 13.1. The highest BCUT2D eigenvalue weighted by molar-refractivity contribution is 5.70. The quantitative estimate of drug-likeness (QED) is 0.0343. The summed E-state index contributed by atoms with van der Waals surface area (Å²) >= 11 is 0. The van der Waals surface area contributed by atoms with Gasteiger partial charge in [-0.1, -0.05) is 182 Å². The van der Waals surface area contributed by atoms with E-state index in [4.69, 9.17) is 14.2 Å². The van der Waals surface area contributed by atoms with E-state index in [2.05, 4.69) is 32.6 Å². The third kappa shape index (κ3) is 35.9. The van der Waals surface area contributed by atoms with Crippen molar-refractivity contribution in [1.82, 2.24) is 4.90 Å². The van der Waals surface area contributed by atoms with Crippen molar-refractivity contribution in [3.63, 3.8) is 0 Å². The molecule has 1 heterocycles. The Kier molecular flexibility index (Phi) is 40.1. The number of hydrogen-bond acceptors (Lipinski definition) is 7. The van der Waals surface area contributed by atoms with Crippen LogP contribution in [-0.4, -0.2) is 61.8 Å². The van der Waals surface area contributed by atoms with Crippen LogP contribution >= 0.6 is 0 Å². The second kappa shape index (κ2) is 42.7. The zero-order valence-corrected chi connectivity index (χ0v) is 40.5. The summed E-state index contributed by atoms with van der Waals surface area (Å²) in [5.74, 6) is 1.33. The van der Waals surface area contributed by atoms with E-state index in [1.165, 1.54) is 129 Å². The summed E-state index contributed by atoms with van der Waals surface area (Å²) in [5, 5.41) is 0. The van der Waals surface area contributed by atoms with E-state index in [9.17, 15) is 14.4 Å². The van der Waals surface area contributed by atoms with E-state index < -0.39 is 0 Å². The van der Waals surface area contributed by atoms with Gasteiger partial charge >= 0.3 is 17.9 Å². The van der Waals surface area contributed by atoms with Crippen LogP contribution in [0, 0.1) is 11.8 Å². The van der Waals surface area contributed by atoms with Crippen LogP contribution in [-0.2, 0) is 28.6 Å². The van der Waals surface area contributed by atoms with Crippen molar-refractivity contribution in [3.05, 3.63) is 0 Å². The Morgan fingerprint density at radius 1 is 0.400 bits per heavy atom. The van der Waals surface area contributed by atoms with Crippen LogP contribution in [0.15, 0.2) is 0 Å². The Labute approximate surface area is 372 Å². The summed E-state index contributed by atoms with van der Waals surface area (Å²) in [5.41, 5.74) is 0. The fraction of sp³-hybridized carbons (Fsp3) is 0.943. The van der Waals surface area contributed by atoms with E-state index in [1.807, 2.05) is 0 Å². The number of likely N-dealkylation sites (tertiary alicyclic amines) is 1. The first-order valence-electron chi connectivity index (χ1n) is 26.6. The maximum absolute atomic E-state index is 12.8. The molecule has 0 atom stereocenters. The van der Waals surface area contributed by atoms with Gasteiger partial charge in [0.2, 0.25) is 0 Å².